The van der Waals surface area contributed by atoms with Gasteiger partial charge in [-0.1, -0.05) is 0 Å². The molecule has 0 radical (unpaired) electrons. The van der Waals surface area contributed by atoms with Crippen LogP contribution in [-0.2, 0) is 10.1 Å². The fraction of sp³-hybridized carbons (Fsp3) is 0.167. The molecule has 0 fully saturated rings. The number of aromatic nitrogens is 1. The van der Waals surface area contributed by atoms with Crippen LogP contribution >= 0.6 is 15.9 Å². The monoisotopic (exact) mass is 289 g/mol. The molecule has 1 N–H and O–H groups in total. The van der Waals surface area contributed by atoms with Gasteiger partial charge in [-0.05, 0) is 28.1 Å². The van der Waals surface area contributed by atoms with Crippen molar-refractivity contribution in [1.82, 2.24) is 4.98 Å². The molecule has 14 heavy (non-hydrogen) atoms. The Morgan fingerprint density at radius 2 is 2.07 bits per heavy atom. The largest absolute Gasteiger partial charge is 1.00 e. The van der Waals surface area contributed by atoms with Crippen molar-refractivity contribution in [1.29, 1.82) is 0 Å². The standard InChI is InChI=1S/C6H6BrNO4S.Na/c7-4-1-2-5(8-3-4)6(9)13(10,11)12;/h1-3,6,9H,(H,10,11,12);/q;+1/p-1. The van der Waals surface area contributed by atoms with Crippen molar-refractivity contribution in [2.75, 3.05) is 0 Å². The number of aliphatic hydroxyl groups is 1. The molecule has 0 spiro atoms. The number of hydrogen-bond donors (Lipinski definition) is 1. The van der Waals surface area contributed by atoms with Crippen molar-refractivity contribution in [2.24, 2.45) is 0 Å². The topological polar surface area (TPSA) is 90.3 Å². The van der Waals surface area contributed by atoms with Crippen LogP contribution < -0.4 is 29.6 Å². The predicted octanol–water partition coefficient (Wildman–Crippen LogP) is -2.62. The Balaban J connectivity index is 0.00000169. The molecule has 5 nitrogen and oxygen atoms in total. The molecule has 1 atom stereocenters. The summed E-state index contributed by atoms with van der Waals surface area (Å²) in [6, 6.07) is 2.74. The third-order valence-corrected chi connectivity index (χ3v) is 2.53. The maximum atomic E-state index is 10.4. The molecule has 0 aliphatic rings. The summed E-state index contributed by atoms with van der Waals surface area (Å²) in [6.07, 6.45) is 1.30. The molecule has 0 saturated heterocycles. The second-order valence-corrected chi connectivity index (χ2v) is 4.59. The Labute approximate surface area is 112 Å². The first-order valence-corrected chi connectivity index (χ1v) is 5.42. The maximum Gasteiger partial charge on any atom is 1.00 e. The van der Waals surface area contributed by atoms with E-state index in [2.05, 4.69) is 20.9 Å². The van der Waals surface area contributed by atoms with Crippen LogP contribution in [0.1, 0.15) is 11.1 Å². The van der Waals surface area contributed by atoms with E-state index in [0.717, 1.165) is 0 Å². The van der Waals surface area contributed by atoms with E-state index in [1.165, 1.54) is 18.3 Å². The van der Waals surface area contributed by atoms with Crippen molar-refractivity contribution in [2.45, 2.75) is 5.44 Å². The zero-order valence-corrected chi connectivity index (χ0v) is 11.6. The van der Waals surface area contributed by atoms with Crippen molar-refractivity contribution >= 4 is 26.0 Å². The van der Waals surface area contributed by atoms with Crippen LogP contribution in [-0.4, -0.2) is 23.1 Å². The van der Waals surface area contributed by atoms with Gasteiger partial charge in [-0.15, -0.1) is 0 Å². The van der Waals surface area contributed by atoms with E-state index in [4.69, 9.17) is 5.11 Å². The molecule has 1 heterocycles. The van der Waals surface area contributed by atoms with Gasteiger partial charge in [-0.3, -0.25) is 4.98 Å². The summed E-state index contributed by atoms with van der Waals surface area (Å²) < 4.78 is 31.7. The van der Waals surface area contributed by atoms with E-state index in [1.54, 1.807) is 0 Å². The quantitative estimate of drug-likeness (QED) is 0.476. The first-order chi connectivity index (χ1) is 5.91. The third-order valence-electron chi connectivity index (χ3n) is 1.28. The number of pyridine rings is 1. The van der Waals surface area contributed by atoms with Crippen LogP contribution in [0.4, 0.5) is 0 Å². The summed E-state index contributed by atoms with van der Waals surface area (Å²) in [4.78, 5) is 3.57. The van der Waals surface area contributed by atoms with E-state index in [-0.39, 0.29) is 35.3 Å². The number of aliphatic hydroxyl groups excluding tert-OH is 1. The fourth-order valence-electron chi connectivity index (χ4n) is 0.681. The molecule has 8 heteroatoms. The number of nitrogens with zero attached hydrogens (tertiary/aromatic N) is 1. The zero-order chi connectivity index (χ0) is 10.1. The van der Waals surface area contributed by atoms with Crippen molar-refractivity contribution < 1.29 is 47.6 Å². The number of rotatable bonds is 2. The van der Waals surface area contributed by atoms with Gasteiger partial charge in [-0.2, -0.15) is 0 Å². The first-order valence-electron chi connectivity index (χ1n) is 3.15. The van der Waals surface area contributed by atoms with Gasteiger partial charge < -0.3 is 9.66 Å². The minimum absolute atomic E-state index is 0. The molecule has 0 aromatic carbocycles. The van der Waals surface area contributed by atoms with Crippen molar-refractivity contribution in [3.05, 3.63) is 28.5 Å². The van der Waals surface area contributed by atoms with E-state index in [0.29, 0.717) is 4.47 Å². The summed E-state index contributed by atoms with van der Waals surface area (Å²) in [5.41, 5.74) is -2.28. The van der Waals surface area contributed by atoms with Crippen LogP contribution in [0.3, 0.4) is 0 Å². The molecule has 72 valence electrons. The molecule has 0 amide bonds. The molecule has 0 aliphatic carbocycles. The average Bonchev–Trinajstić information content (AvgIpc) is 2.03. The normalized spacial score (nSPS) is 13.1. The summed E-state index contributed by atoms with van der Waals surface area (Å²) in [5.74, 6) is 0. The first kappa shape index (κ1) is 14.5. The molecular weight excluding hydrogens is 285 g/mol. The van der Waals surface area contributed by atoms with E-state index in [1.807, 2.05) is 0 Å². The molecule has 1 rings (SSSR count). The molecule has 1 unspecified atom stereocenters. The molecule has 1 aromatic heterocycles. The van der Waals surface area contributed by atoms with Crippen molar-refractivity contribution in [3.8, 4) is 0 Å². The minimum atomic E-state index is -4.74. The molecule has 0 saturated carbocycles. The molecular formula is C6H5BrNNaO4S. The summed E-state index contributed by atoms with van der Waals surface area (Å²) in [5, 5.41) is 8.97. The Kier molecular flexibility index (Phi) is 5.75. The molecule has 0 aliphatic heterocycles. The minimum Gasteiger partial charge on any atom is -0.746 e. The van der Waals surface area contributed by atoms with Crippen molar-refractivity contribution in [3.63, 3.8) is 0 Å². The van der Waals surface area contributed by atoms with Crippen LogP contribution in [0.5, 0.6) is 0 Å². The second-order valence-electron chi connectivity index (χ2n) is 2.25. The smallest absolute Gasteiger partial charge is 0.746 e. The zero-order valence-electron chi connectivity index (χ0n) is 7.21. The van der Waals surface area contributed by atoms with E-state index in [9.17, 15) is 13.0 Å². The predicted molar refractivity (Wildman–Crippen MR) is 46.6 cm³/mol. The van der Waals surface area contributed by atoms with Gasteiger partial charge in [0.25, 0.3) is 0 Å². The summed E-state index contributed by atoms with van der Waals surface area (Å²) >= 11 is 3.07. The van der Waals surface area contributed by atoms with E-state index < -0.39 is 15.6 Å². The Morgan fingerprint density at radius 3 is 2.43 bits per heavy atom. The van der Waals surface area contributed by atoms with Gasteiger partial charge in [0.15, 0.2) is 5.44 Å². The maximum absolute atomic E-state index is 10.4. The third kappa shape index (κ3) is 3.93. The Bertz CT molecular complexity index is 393. The Hall–Kier alpha value is 0.500. The van der Waals surface area contributed by atoms with Gasteiger partial charge in [0.1, 0.15) is 10.1 Å². The van der Waals surface area contributed by atoms with Gasteiger partial charge in [0, 0.05) is 10.7 Å². The SMILES string of the molecule is O=S(=O)([O-])C(O)c1ccc(Br)cn1.[Na+]. The average molecular weight is 290 g/mol. The van der Waals surface area contributed by atoms with Crippen LogP contribution in [0.15, 0.2) is 22.8 Å². The van der Waals surface area contributed by atoms with Gasteiger partial charge in [-0.25, -0.2) is 8.42 Å². The second kappa shape index (κ2) is 5.55. The molecule has 1 aromatic rings. The van der Waals surface area contributed by atoms with Gasteiger partial charge in [0.2, 0.25) is 0 Å². The van der Waals surface area contributed by atoms with Gasteiger partial charge >= 0.3 is 29.6 Å². The Morgan fingerprint density at radius 1 is 1.50 bits per heavy atom. The summed E-state index contributed by atoms with van der Waals surface area (Å²) in [7, 11) is -4.74. The van der Waals surface area contributed by atoms with Crippen LogP contribution in [0.2, 0.25) is 0 Å². The fourth-order valence-corrected chi connectivity index (χ4v) is 1.35. The van der Waals surface area contributed by atoms with E-state index >= 15 is 0 Å². The van der Waals surface area contributed by atoms with Crippen LogP contribution in [0.25, 0.3) is 0 Å². The number of halogens is 1. The molecule has 0 bridgehead atoms. The van der Waals surface area contributed by atoms with Crippen LogP contribution in [0, 0.1) is 0 Å². The number of hydrogen-bond acceptors (Lipinski definition) is 5. The summed E-state index contributed by atoms with van der Waals surface area (Å²) in [6.45, 7) is 0. The van der Waals surface area contributed by atoms with Gasteiger partial charge in [0.05, 0.1) is 5.69 Å².